The molecule has 3 nitrogen and oxygen atoms in total. The summed E-state index contributed by atoms with van der Waals surface area (Å²) < 4.78 is 2.24. The van der Waals surface area contributed by atoms with Crippen LogP contribution in [0.3, 0.4) is 0 Å². The third-order valence-electron chi connectivity index (χ3n) is 6.59. The first-order valence-electron chi connectivity index (χ1n) is 11.2. The summed E-state index contributed by atoms with van der Waals surface area (Å²) in [6.45, 7) is 4.33. The molecule has 162 valence electrons. The largest absolute Gasteiger partial charge is 0.295 e. The number of pyridine rings is 1. The van der Waals surface area contributed by atoms with Crippen molar-refractivity contribution in [1.82, 2.24) is 9.38 Å². The standard InChI is InChI=1S/C29H23ClN2O/c1-29(2)16-23-25(24(33)17-29)22-15-20(30)13-14-21(22)28-31-26(18-9-5-3-6-10-18)27(32(23)28)19-11-7-4-8-12-19/h3-15H,16-17H2,1-2H3. The van der Waals surface area contributed by atoms with Crippen LogP contribution in [0.15, 0.2) is 78.9 Å². The van der Waals surface area contributed by atoms with E-state index < -0.39 is 0 Å². The molecule has 3 aromatic carbocycles. The first-order valence-corrected chi connectivity index (χ1v) is 11.6. The van der Waals surface area contributed by atoms with Crippen LogP contribution in [0.5, 0.6) is 0 Å². The molecule has 1 aliphatic rings. The van der Waals surface area contributed by atoms with Gasteiger partial charge in [-0.15, -0.1) is 0 Å². The van der Waals surface area contributed by atoms with E-state index in [1.807, 2.05) is 54.6 Å². The van der Waals surface area contributed by atoms with Crippen LogP contribution < -0.4 is 0 Å². The van der Waals surface area contributed by atoms with Gasteiger partial charge in [-0.05, 0) is 35.4 Å². The summed E-state index contributed by atoms with van der Waals surface area (Å²) in [7, 11) is 0. The van der Waals surface area contributed by atoms with Crippen LogP contribution in [0.1, 0.15) is 36.3 Å². The molecule has 5 aromatic rings. The molecule has 0 N–H and O–H groups in total. The number of hydrogen-bond acceptors (Lipinski definition) is 2. The van der Waals surface area contributed by atoms with Crippen molar-refractivity contribution in [3.05, 3.63) is 95.1 Å². The molecule has 0 amide bonds. The number of fused-ring (bicyclic) bond motifs is 6. The summed E-state index contributed by atoms with van der Waals surface area (Å²) in [6.07, 6.45) is 1.31. The highest BCUT2D eigenvalue weighted by Gasteiger charge is 2.36. The van der Waals surface area contributed by atoms with Crippen LogP contribution >= 0.6 is 11.6 Å². The quantitative estimate of drug-likeness (QED) is 0.277. The minimum Gasteiger partial charge on any atom is -0.295 e. The van der Waals surface area contributed by atoms with Crippen molar-refractivity contribution < 1.29 is 4.79 Å². The molecule has 0 spiro atoms. The molecule has 0 unspecified atom stereocenters. The average Bonchev–Trinajstić information content (AvgIpc) is 3.20. The lowest BCUT2D eigenvalue weighted by Crippen LogP contribution is -2.29. The van der Waals surface area contributed by atoms with Gasteiger partial charge in [0.1, 0.15) is 5.65 Å². The molecule has 4 heteroatoms. The van der Waals surface area contributed by atoms with Crippen molar-refractivity contribution in [2.24, 2.45) is 5.41 Å². The van der Waals surface area contributed by atoms with Gasteiger partial charge in [0.05, 0.1) is 11.4 Å². The molecule has 0 fully saturated rings. The molecule has 2 aromatic heterocycles. The fourth-order valence-electron chi connectivity index (χ4n) is 5.23. The SMILES string of the molecule is CC1(C)CC(=O)c2c(n3c(-c4ccccc4)c(-c4ccccc4)nc3c3ccc(Cl)cc23)C1. The molecular formula is C29H23ClN2O. The number of rotatable bonds is 2. The Morgan fingerprint density at radius 3 is 2.21 bits per heavy atom. The summed E-state index contributed by atoms with van der Waals surface area (Å²) in [5.41, 5.74) is 6.62. The van der Waals surface area contributed by atoms with Crippen LogP contribution in [0.25, 0.3) is 38.9 Å². The third kappa shape index (κ3) is 3.19. The summed E-state index contributed by atoms with van der Waals surface area (Å²) >= 11 is 6.41. The van der Waals surface area contributed by atoms with E-state index in [4.69, 9.17) is 16.6 Å². The van der Waals surface area contributed by atoms with Crippen molar-refractivity contribution in [3.8, 4) is 22.5 Å². The molecule has 33 heavy (non-hydrogen) atoms. The van der Waals surface area contributed by atoms with E-state index >= 15 is 0 Å². The predicted octanol–water partition coefficient (Wildman–Crippen LogP) is 7.63. The van der Waals surface area contributed by atoms with Gasteiger partial charge in [-0.3, -0.25) is 9.20 Å². The van der Waals surface area contributed by atoms with E-state index in [1.54, 1.807) is 0 Å². The minimum atomic E-state index is -0.131. The van der Waals surface area contributed by atoms with E-state index in [1.165, 1.54) is 0 Å². The molecule has 0 saturated heterocycles. The van der Waals surface area contributed by atoms with Crippen molar-refractivity contribution in [2.75, 3.05) is 0 Å². The number of imidazole rings is 1. The topological polar surface area (TPSA) is 34.4 Å². The highest BCUT2D eigenvalue weighted by atomic mass is 35.5. The van der Waals surface area contributed by atoms with Gasteiger partial charge in [-0.25, -0.2) is 4.98 Å². The fraction of sp³-hybridized carbons (Fsp3) is 0.172. The molecule has 1 aliphatic carbocycles. The maximum absolute atomic E-state index is 13.5. The Labute approximate surface area is 197 Å². The number of benzene rings is 3. The van der Waals surface area contributed by atoms with Gasteiger partial charge in [-0.1, -0.05) is 86.1 Å². The summed E-state index contributed by atoms with van der Waals surface area (Å²) in [5.74, 6) is 0.171. The van der Waals surface area contributed by atoms with Gasteiger partial charge < -0.3 is 0 Å². The highest BCUT2D eigenvalue weighted by molar-refractivity contribution is 6.32. The first kappa shape index (κ1) is 20.2. The molecule has 0 saturated carbocycles. The molecule has 0 atom stereocenters. The monoisotopic (exact) mass is 450 g/mol. The molecule has 0 radical (unpaired) electrons. The van der Waals surface area contributed by atoms with Gasteiger partial charge in [0.2, 0.25) is 0 Å². The number of carbonyl (C=O) groups excluding carboxylic acids is 1. The Kier molecular flexibility index (Phi) is 4.46. The fourth-order valence-corrected chi connectivity index (χ4v) is 5.40. The number of hydrogen-bond donors (Lipinski definition) is 0. The molecular weight excluding hydrogens is 428 g/mol. The Morgan fingerprint density at radius 1 is 0.848 bits per heavy atom. The Morgan fingerprint density at radius 2 is 1.52 bits per heavy atom. The van der Waals surface area contributed by atoms with Crippen LogP contribution in [-0.2, 0) is 6.42 Å². The van der Waals surface area contributed by atoms with Crippen molar-refractivity contribution in [1.29, 1.82) is 0 Å². The zero-order valence-electron chi connectivity index (χ0n) is 18.6. The number of halogens is 1. The molecule has 2 heterocycles. The number of carbonyl (C=O) groups is 1. The van der Waals surface area contributed by atoms with Crippen molar-refractivity contribution in [2.45, 2.75) is 26.7 Å². The summed E-state index contributed by atoms with van der Waals surface area (Å²) in [6, 6.07) is 26.4. The first-order chi connectivity index (χ1) is 15.9. The van der Waals surface area contributed by atoms with E-state index in [-0.39, 0.29) is 11.2 Å². The van der Waals surface area contributed by atoms with Crippen LogP contribution in [0.4, 0.5) is 0 Å². The third-order valence-corrected chi connectivity index (χ3v) is 6.82. The number of Topliss-reactive ketones (excluding diaryl/α,β-unsaturated/α-hetero) is 1. The van der Waals surface area contributed by atoms with Gasteiger partial charge >= 0.3 is 0 Å². The lowest BCUT2D eigenvalue weighted by Gasteiger charge is -2.32. The maximum Gasteiger partial charge on any atom is 0.165 e. The van der Waals surface area contributed by atoms with E-state index in [2.05, 4.69) is 42.5 Å². The second kappa shape index (κ2) is 7.29. The number of ketones is 1. The molecule has 0 aliphatic heterocycles. The predicted molar refractivity (Wildman–Crippen MR) is 135 cm³/mol. The second-order valence-electron chi connectivity index (χ2n) is 9.65. The zero-order valence-corrected chi connectivity index (χ0v) is 19.4. The Bertz CT molecular complexity index is 1550. The highest BCUT2D eigenvalue weighted by Crippen LogP contribution is 2.43. The van der Waals surface area contributed by atoms with Crippen LogP contribution in [0.2, 0.25) is 5.02 Å². The molecule has 0 bridgehead atoms. The number of aromatic nitrogens is 2. The Balaban J connectivity index is 1.86. The second-order valence-corrected chi connectivity index (χ2v) is 10.1. The minimum absolute atomic E-state index is 0.131. The van der Waals surface area contributed by atoms with Gasteiger partial charge in [0.25, 0.3) is 0 Å². The van der Waals surface area contributed by atoms with Crippen LogP contribution in [-0.4, -0.2) is 15.2 Å². The van der Waals surface area contributed by atoms with Gasteiger partial charge in [-0.2, -0.15) is 0 Å². The normalized spacial score (nSPS) is 15.2. The van der Waals surface area contributed by atoms with Gasteiger partial charge in [0, 0.05) is 39.2 Å². The van der Waals surface area contributed by atoms with Crippen LogP contribution in [0, 0.1) is 5.41 Å². The van der Waals surface area contributed by atoms with Gasteiger partial charge in [0.15, 0.2) is 5.78 Å². The van der Waals surface area contributed by atoms with E-state index in [0.717, 1.165) is 56.6 Å². The lowest BCUT2D eigenvalue weighted by atomic mass is 9.74. The number of nitrogens with zero attached hydrogens (tertiary/aromatic N) is 2. The van der Waals surface area contributed by atoms with E-state index in [9.17, 15) is 4.79 Å². The van der Waals surface area contributed by atoms with Crippen molar-refractivity contribution in [3.63, 3.8) is 0 Å². The maximum atomic E-state index is 13.5. The molecule has 6 rings (SSSR count). The summed E-state index contributed by atoms with van der Waals surface area (Å²) in [4.78, 5) is 18.7. The lowest BCUT2D eigenvalue weighted by molar-refractivity contribution is 0.0912. The smallest absolute Gasteiger partial charge is 0.165 e. The van der Waals surface area contributed by atoms with E-state index in [0.29, 0.717) is 11.4 Å². The van der Waals surface area contributed by atoms with Crippen molar-refractivity contribution >= 4 is 33.8 Å². The zero-order chi connectivity index (χ0) is 22.7. The average molecular weight is 451 g/mol. The Hall–Kier alpha value is -3.43. The summed E-state index contributed by atoms with van der Waals surface area (Å²) in [5, 5.41) is 2.48.